The standard InChI is InChI=1S/C9H9N3O2/c1-6-2-7-9(10-3-6)12(5-11-7)4-8(13)14/h2-3,5H,4H2,1H3,(H,13,14). The van der Waals surface area contributed by atoms with Crippen molar-refractivity contribution in [3.05, 3.63) is 24.2 Å². The van der Waals surface area contributed by atoms with Gasteiger partial charge in [0.1, 0.15) is 12.1 Å². The maximum atomic E-state index is 10.5. The molecule has 0 radical (unpaired) electrons. The van der Waals surface area contributed by atoms with Crippen molar-refractivity contribution in [2.45, 2.75) is 13.5 Å². The maximum absolute atomic E-state index is 10.5. The van der Waals surface area contributed by atoms with Gasteiger partial charge in [-0.3, -0.25) is 4.79 Å². The molecule has 14 heavy (non-hydrogen) atoms. The molecule has 0 saturated heterocycles. The van der Waals surface area contributed by atoms with E-state index in [-0.39, 0.29) is 6.54 Å². The maximum Gasteiger partial charge on any atom is 0.323 e. The molecule has 0 aliphatic rings. The van der Waals surface area contributed by atoms with Gasteiger partial charge < -0.3 is 9.67 Å². The number of rotatable bonds is 2. The summed E-state index contributed by atoms with van der Waals surface area (Å²) in [6.07, 6.45) is 3.19. The lowest BCUT2D eigenvalue weighted by Crippen LogP contribution is -2.07. The number of aryl methyl sites for hydroxylation is 1. The molecule has 0 bridgehead atoms. The number of carbonyl (C=O) groups is 1. The fourth-order valence-corrected chi connectivity index (χ4v) is 1.31. The number of imidazole rings is 1. The summed E-state index contributed by atoms with van der Waals surface area (Å²) in [5.74, 6) is -0.897. The number of aromatic nitrogens is 3. The molecule has 0 atom stereocenters. The van der Waals surface area contributed by atoms with E-state index in [2.05, 4.69) is 9.97 Å². The van der Waals surface area contributed by atoms with Crippen molar-refractivity contribution in [2.24, 2.45) is 0 Å². The molecule has 0 aromatic carbocycles. The summed E-state index contributed by atoms with van der Waals surface area (Å²) >= 11 is 0. The molecule has 0 saturated carbocycles. The van der Waals surface area contributed by atoms with Crippen molar-refractivity contribution in [2.75, 3.05) is 0 Å². The largest absolute Gasteiger partial charge is 0.480 e. The number of hydrogen-bond acceptors (Lipinski definition) is 3. The molecule has 0 amide bonds. The minimum Gasteiger partial charge on any atom is -0.480 e. The van der Waals surface area contributed by atoms with Crippen molar-refractivity contribution < 1.29 is 9.90 Å². The molecule has 0 fully saturated rings. The highest BCUT2D eigenvalue weighted by Crippen LogP contribution is 2.10. The van der Waals surface area contributed by atoms with Crippen LogP contribution in [0.5, 0.6) is 0 Å². The van der Waals surface area contributed by atoms with E-state index in [0.29, 0.717) is 5.65 Å². The van der Waals surface area contributed by atoms with E-state index < -0.39 is 5.97 Å². The zero-order valence-corrected chi connectivity index (χ0v) is 7.64. The Bertz CT molecular complexity index is 490. The first kappa shape index (κ1) is 8.68. The number of nitrogens with zero attached hydrogens (tertiary/aromatic N) is 3. The highest BCUT2D eigenvalue weighted by atomic mass is 16.4. The van der Waals surface area contributed by atoms with Crippen molar-refractivity contribution in [1.82, 2.24) is 14.5 Å². The van der Waals surface area contributed by atoms with E-state index in [1.807, 2.05) is 13.0 Å². The van der Waals surface area contributed by atoms with Gasteiger partial charge in [0.25, 0.3) is 0 Å². The van der Waals surface area contributed by atoms with E-state index in [9.17, 15) is 4.79 Å². The topological polar surface area (TPSA) is 68.0 Å². The third-order valence-electron chi connectivity index (χ3n) is 1.90. The average molecular weight is 191 g/mol. The first-order chi connectivity index (χ1) is 6.66. The second-order valence-corrected chi connectivity index (χ2v) is 3.12. The minimum atomic E-state index is -0.897. The lowest BCUT2D eigenvalue weighted by Gasteiger charge is -1.98. The van der Waals surface area contributed by atoms with Crippen LogP contribution in [0.25, 0.3) is 11.2 Å². The summed E-state index contributed by atoms with van der Waals surface area (Å²) in [6, 6.07) is 1.88. The summed E-state index contributed by atoms with van der Waals surface area (Å²) in [7, 11) is 0. The van der Waals surface area contributed by atoms with Crippen molar-refractivity contribution in [1.29, 1.82) is 0 Å². The summed E-state index contributed by atoms with van der Waals surface area (Å²) < 4.78 is 1.51. The molecule has 2 aromatic rings. The normalized spacial score (nSPS) is 10.6. The molecule has 2 aromatic heterocycles. The fourth-order valence-electron chi connectivity index (χ4n) is 1.31. The van der Waals surface area contributed by atoms with Crippen LogP contribution in [0, 0.1) is 6.92 Å². The van der Waals surface area contributed by atoms with E-state index >= 15 is 0 Å². The number of aliphatic carboxylic acids is 1. The lowest BCUT2D eigenvalue weighted by atomic mass is 10.3. The van der Waals surface area contributed by atoms with E-state index in [1.165, 1.54) is 10.9 Å². The second kappa shape index (κ2) is 3.10. The third-order valence-corrected chi connectivity index (χ3v) is 1.90. The van der Waals surface area contributed by atoms with Gasteiger partial charge in [-0.25, -0.2) is 9.97 Å². The van der Waals surface area contributed by atoms with Crippen LogP contribution in [-0.4, -0.2) is 25.6 Å². The highest BCUT2D eigenvalue weighted by Gasteiger charge is 2.06. The Hall–Kier alpha value is -1.91. The van der Waals surface area contributed by atoms with Gasteiger partial charge in [-0.2, -0.15) is 0 Å². The van der Waals surface area contributed by atoms with Crippen LogP contribution in [0.15, 0.2) is 18.6 Å². The zero-order chi connectivity index (χ0) is 10.1. The summed E-state index contributed by atoms with van der Waals surface area (Å²) in [5.41, 5.74) is 2.35. The monoisotopic (exact) mass is 191 g/mol. The second-order valence-electron chi connectivity index (χ2n) is 3.12. The van der Waals surface area contributed by atoms with Crippen LogP contribution in [0.1, 0.15) is 5.56 Å². The third kappa shape index (κ3) is 1.44. The number of pyridine rings is 1. The Morgan fingerprint density at radius 3 is 3.07 bits per heavy atom. The van der Waals surface area contributed by atoms with Gasteiger partial charge in [-0.05, 0) is 18.6 Å². The molecule has 0 unspecified atom stereocenters. The van der Waals surface area contributed by atoms with Gasteiger partial charge in [0.15, 0.2) is 5.65 Å². The van der Waals surface area contributed by atoms with Crippen LogP contribution >= 0.6 is 0 Å². The quantitative estimate of drug-likeness (QED) is 0.763. The van der Waals surface area contributed by atoms with Crippen LogP contribution in [0.2, 0.25) is 0 Å². The van der Waals surface area contributed by atoms with Gasteiger partial charge >= 0.3 is 5.97 Å². The van der Waals surface area contributed by atoms with Gasteiger partial charge in [-0.1, -0.05) is 0 Å². The molecule has 1 N–H and O–H groups in total. The van der Waals surface area contributed by atoms with Crippen LogP contribution in [0.4, 0.5) is 0 Å². The summed E-state index contributed by atoms with van der Waals surface area (Å²) in [5, 5.41) is 8.62. The van der Waals surface area contributed by atoms with Gasteiger partial charge in [0, 0.05) is 6.20 Å². The number of fused-ring (bicyclic) bond motifs is 1. The molecular formula is C9H9N3O2. The van der Waals surface area contributed by atoms with Crippen LogP contribution in [-0.2, 0) is 11.3 Å². The molecule has 2 heterocycles. The lowest BCUT2D eigenvalue weighted by molar-refractivity contribution is -0.137. The predicted octanol–water partition coefficient (Wildman–Crippen LogP) is 0.824. The van der Waals surface area contributed by atoms with E-state index in [0.717, 1.165) is 11.1 Å². The summed E-state index contributed by atoms with van der Waals surface area (Å²) in [6.45, 7) is 1.81. The molecule has 72 valence electrons. The highest BCUT2D eigenvalue weighted by molar-refractivity contribution is 5.74. The fraction of sp³-hybridized carbons (Fsp3) is 0.222. The zero-order valence-electron chi connectivity index (χ0n) is 7.64. The molecule has 0 aliphatic carbocycles. The van der Waals surface area contributed by atoms with E-state index in [1.54, 1.807) is 6.20 Å². The Morgan fingerprint density at radius 2 is 2.36 bits per heavy atom. The van der Waals surface area contributed by atoms with Gasteiger partial charge in [0.2, 0.25) is 0 Å². The Balaban J connectivity index is 2.52. The van der Waals surface area contributed by atoms with Crippen molar-refractivity contribution in [3.8, 4) is 0 Å². The molecule has 0 aliphatic heterocycles. The Kier molecular flexibility index (Phi) is 1.92. The summed E-state index contributed by atoms with van der Waals surface area (Å²) in [4.78, 5) is 18.7. The number of carboxylic acids is 1. The number of hydrogen-bond donors (Lipinski definition) is 1. The number of carboxylic acid groups (broad SMARTS) is 1. The first-order valence-corrected chi connectivity index (χ1v) is 4.16. The minimum absolute atomic E-state index is 0.105. The molecule has 5 heteroatoms. The average Bonchev–Trinajstić information content (AvgIpc) is 2.47. The van der Waals surface area contributed by atoms with Gasteiger partial charge in [0.05, 0.1) is 6.33 Å². The van der Waals surface area contributed by atoms with Crippen LogP contribution < -0.4 is 0 Å². The van der Waals surface area contributed by atoms with E-state index in [4.69, 9.17) is 5.11 Å². The molecule has 0 spiro atoms. The molecular weight excluding hydrogens is 182 g/mol. The van der Waals surface area contributed by atoms with Gasteiger partial charge in [-0.15, -0.1) is 0 Å². The van der Waals surface area contributed by atoms with Crippen molar-refractivity contribution in [3.63, 3.8) is 0 Å². The first-order valence-electron chi connectivity index (χ1n) is 4.16. The van der Waals surface area contributed by atoms with Crippen LogP contribution in [0.3, 0.4) is 0 Å². The van der Waals surface area contributed by atoms with Crippen molar-refractivity contribution >= 4 is 17.1 Å². The smallest absolute Gasteiger partial charge is 0.323 e. The predicted molar refractivity (Wildman–Crippen MR) is 49.9 cm³/mol. The molecule has 2 rings (SSSR count). The Morgan fingerprint density at radius 1 is 1.57 bits per heavy atom. The SMILES string of the molecule is Cc1cnc2c(c1)ncn2CC(=O)O. The molecule has 5 nitrogen and oxygen atoms in total. The Labute approximate surface area is 80.0 Å².